The Morgan fingerprint density at radius 3 is 3.17 bits per heavy atom. The van der Waals surface area contributed by atoms with Crippen molar-refractivity contribution < 1.29 is 4.52 Å². The summed E-state index contributed by atoms with van der Waals surface area (Å²) in [4.78, 5) is 4.45. The van der Waals surface area contributed by atoms with Crippen LogP contribution in [0.1, 0.15) is 30.2 Å². The minimum absolute atomic E-state index is 0.121. The van der Waals surface area contributed by atoms with Crippen molar-refractivity contribution in [2.24, 2.45) is 0 Å². The second kappa shape index (κ2) is 5.02. The van der Waals surface area contributed by atoms with Gasteiger partial charge in [-0.2, -0.15) is 16.7 Å². The number of fused-ring (bicyclic) bond motifs is 1. The number of benzene rings is 1. The van der Waals surface area contributed by atoms with Crippen molar-refractivity contribution in [3.63, 3.8) is 0 Å². The number of rotatable bonds is 4. The summed E-state index contributed by atoms with van der Waals surface area (Å²) in [6.45, 7) is 2.13. The lowest BCUT2D eigenvalue weighted by molar-refractivity contribution is 0.360. The zero-order chi connectivity index (χ0) is 12.4. The van der Waals surface area contributed by atoms with E-state index >= 15 is 0 Å². The van der Waals surface area contributed by atoms with E-state index in [0.29, 0.717) is 5.89 Å². The first-order chi connectivity index (χ1) is 8.86. The van der Waals surface area contributed by atoms with Gasteiger partial charge in [0.2, 0.25) is 5.89 Å². The molecule has 0 bridgehead atoms. The van der Waals surface area contributed by atoms with Gasteiger partial charge >= 0.3 is 0 Å². The van der Waals surface area contributed by atoms with Crippen LogP contribution in [0.3, 0.4) is 0 Å². The Morgan fingerprint density at radius 1 is 1.44 bits per heavy atom. The smallest absolute Gasteiger partial charge is 0.249 e. The zero-order valence-corrected chi connectivity index (χ0v) is 11.0. The van der Waals surface area contributed by atoms with Crippen LogP contribution in [0.5, 0.6) is 0 Å². The van der Waals surface area contributed by atoms with Gasteiger partial charge in [-0.1, -0.05) is 30.3 Å². The third kappa shape index (κ3) is 2.22. The second-order valence-electron chi connectivity index (χ2n) is 4.24. The Hall–Kier alpha value is -1.49. The molecular weight excluding hydrogens is 246 g/mol. The van der Waals surface area contributed by atoms with Crippen molar-refractivity contribution in [1.29, 1.82) is 0 Å². The van der Waals surface area contributed by atoms with Gasteiger partial charge in [0.05, 0.1) is 5.75 Å². The van der Waals surface area contributed by atoms with Crippen LogP contribution in [0.4, 0.5) is 5.69 Å². The van der Waals surface area contributed by atoms with Gasteiger partial charge in [0.25, 0.3) is 0 Å². The van der Waals surface area contributed by atoms with Gasteiger partial charge in [0, 0.05) is 12.1 Å². The molecule has 1 aliphatic heterocycles. The lowest BCUT2D eigenvalue weighted by Crippen LogP contribution is -2.06. The normalized spacial score (nSPS) is 17.5. The Labute approximate surface area is 110 Å². The van der Waals surface area contributed by atoms with Gasteiger partial charge in [-0.15, -0.1) is 0 Å². The molecular formula is C13H15N3OS. The molecule has 0 saturated heterocycles. The molecule has 0 fully saturated rings. The first-order valence-electron chi connectivity index (χ1n) is 6.11. The van der Waals surface area contributed by atoms with Crippen LogP contribution in [0.2, 0.25) is 0 Å². The van der Waals surface area contributed by atoms with Crippen molar-refractivity contribution in [2.45, 2.75) is 25.1 Å². The fourth-order valence-corrected chi connectivity index (χ4v) is 2.61. The molecule has 0 saturated carbocycles. The fourth-order valence-electron chi connectivity index (χ4n) is 2.11. The average molecular weight is 261 g/mol. The molecule has 1 N–H and O–H groups in total. The standard InChI is InChI=1S/C13H15N3OS/c1-2-18-8-12-15-13(17-16-12)11-7-9-5-3-4-6-10(9)14-11/h3-6,11,14H,2,7-8H2,1H3. The number of para-hydroxylation sites is 1. The Kier molecular flexibility index (Phi) is 3.23. The quantitative estimate of drug-likeness (QED) is 0.916. The van der Waals surface area contributed by atoms with Crippen LogP contribution in [0.15, 0.2) is 28.8 Å². The molecule has 0 spiro atoms. The van der Waals surface area contributed by atoms with Gasteiger partial charge < -0.3 is 9.84 Å². The summed E-state index contributed by atoms with van der Waals surface area (Å²) in [5.74, 6) is 3.36. The summed E-state index contributed by atoms with van der Waals surface area (Å²) >= 11 is 1.80. The number of hydrogen-bond donors (Lipinski definition) is 1. The molecule has 5 heteroatoms. The molecule has 0 amide bonds. The molecule has 1 aromatic carbocycles. The van der Waals surface area contributed by atoms with Crippen molar-refractivity contribution in [1.82, 2.24) is 10.1 Å². The van der Waals surface area contributed by atoms with E-state index in [-0.39, 0.29) is 6.04 Å². The maximum atomic E-state index is 5.34. The molecule has 3 rings (SSSR count). The molecule has 1 aromatic heterocycles. The summed E-state index contributed by atoms with van der Waals surface area (Å²) in [6, 6.07) is 8.42. The van der Waals surface area contributed by atoms with Crippen molar-refractivity contribution in [3.8, 4) is 0 Å². The molecule has 18 heavy (non-hydrogen) atoms. The highest BCUT2D eigenvalue weighted by Crippen LogP contribution is 2.33. The number of nitrogens with zero attached hydrogens (tertiary/aromatic N) is 2. The lowest BCUT2D eigenvalue weighted by atomic mass is 10.1. The largest absolute Gasteiger partial charge is 0.373 e. The predicted molar refractivity (Wildman–Crippen MR) is 72.6 cm³/mol. The first-order valence-corrected chi connectivity index (χ1v) is 7.27. The molecule has 94 valence electrons. The molecule has 0 radical (unpaired) electrons. The Morgan fingerprint density at radius 2 is 2.33 bits per heavy atom. The number of nitrogens with one attached hydrogen (secondary N) is 1. The van der Waals surface area contributed by atoms with E-state index in [1.165, 1.54) is 11.3 Å². The molecule has 0 aliphatic carbocycles. The molecule has 1 unspecified atom stereocenters. The van der Waals surface area contributed by atoms with E-state index in [0.717, 1.165) is 23.8 Å². The minimum atomic E-state index is 0.121. The monoisotopic (exact) mass is 261 g/mol. The highest BCUT2D eigenvalue weighted by Gasteiger charge is 2.26. The van der Waals surface area contributed by atoms with Crippen molar-refractivity contribution >= 4 is 17.4 Å². The van der Waals surface area contributed by atoms with Gasteiger partial charge in [0.15, 0.2) is 5.82 Å². The molecule has 1 atom stereocenters. The summed E-state index contributed by atoms with van der Waals surface area (Å²) in [5, 5.41) is 7.43. The summed E-state index contributed by atoms with van der Waals surface area (Å²) in [5.41, 5.74) is 2.48. The highest BCUT2D eigenvalue weighted by molar-refractivity contribution is 7.98. The number of aromatic nitrogens is 2. The average Bonchev–Trinajstić information content (AvgIpc) is 3.02. The zero-order valence-electron chi connectivity index (χ0n) is 10.2. The highest BCUT2D eigenvalue weighted by atomic mass is 32.2. The topological polar surface area (TPSA) is 51.0 Å². The van der Waals surface area contributed by atoms with Crippen LogP contribution in [-0.4, -0.2) is 15.9 Å². The van der Waals surface area contributed by atoms with Gasteiger partial charge in [-0.25, -0.2) is 0 Å². The molecule has 2 heterocycles. The third-order valence-corrected chi connectivity index (χ3v) is 3.86. The van der Waals surface area contributed by atoms with E-state index in [4.69, 9.17) is 4.52 Å². The summed E-state index contributed by atoms with van der Waals surface area (Å²) < 4.78 is 5.34. The van der Waals surface area contributed by atoms with Crippen molar-refractivity contribution in [2.75, 3.05) is 11.1 Å². The maximum Gasteiger partial charge on any atom is 0.249 e. The molecule has 4 nitrogen and oxygen atoms in total. The van der Waals surface area contributed by atoms with E-state index in [1.54, 1.807) is 11.8 Å². The van der Waals surface area contributed by atoms with E-state index in [1.807, 2.05) is 6.07 Å². The number of hydrogen-bond acceptors (Lipinski definition) is 5. The van der Waals surface area contributed by atoms with E-state index in [2.05, 4.69) is 40.6 Å². The Bertz CT molecular complexity index is 516. The molecule has 1 aliphatic rings. The van der Waals surface area contributed by atoms with E-state index in [9.17, 15) is 0 Å². The second-order valence-corrected chi connectivity index (χ2v) is 5.52. The SMILES string of the molecule is CCSCc1noc(C2Cc3ccccc3N2)n1. The van der Waals surface area contributed by atoms with Crippen LogP contribution >= 0.6 is 11.8 Å². The summed E-state index contributed by atoms with van der Waals surface area (Å²) in [7, 11) is 0. The number of thioether (sulfide) groups is 1. The van der Waals surface area contributed by atoms with Gasteiger partial charge in [-0.3, -0.25) is 0 Å². The van der Waals surface area contributed by atoms with Crippen LogP contribution < -0.4 is 5.32 Å². The summed E-state index contributed by atoms with van der Waals surface area (Å²) in [6.07, 6.45) is 0.915. The van der Waals surface area contributed by atoms with Gasteiger partial charge in [-0.05, 0) is 17.4 Å². The lowest BCUT2D eigenvalue weighted by Gasteiger charge is -2.04. The Balaban J connectivity index is 1.72. The van der Waals surface area contributed by atoms with Gasteiger partial charge in [0.1, 0.15) is 6.04 Å². The van der Waals surface area contributed by atoms with E-state index < -0.39 is 0 Å². The van der Waals surface area contributed by atoms with Crippen LogP contribution in [-0.2, 0) is 12.2 Å². The number of anilines is 1. The third-order valence-electron chi connectivity index (χ3n) is 2.99. The fraction of sp³-hybridized carbons (Fsp3) is 0.385. The van der Waals surface area contributed by atoms with Crippen LogP contribution in [0.25, 0.3) is 0 Å². The maximum absolute atomic E-state index is 5.34. The first kappa shape index (κ1) is 11.6. The molecule has 2 aromatic rings. The van der Waals surface area contributed by atoms with Crippen molar-refractivity contribution in [3.05, 3.63) is 41.5 Å². The minimum Gasteiger partial charge on any atom is -0.373 e. The predicted octanol–water partition coefficient (Wildman–Crippen LogP) is 3.03. The van der Waals surface area contributed by atoms with Crippen LogP contribution in [0, 0.1) is 0 Å².